The third-order valence-electron chi connectivity index (χ3n) is 6.18. The Morgan fingerprint density at radius 3 is 2.73 bits per heavy atom. The van der Waals surface area contributed by atoms with Crippen LogP contribution in [0, 0.1) is 11.3 Å². The number of fused-ring (bicyclic) bond motifs is 3. The molecule has 8 heteroatoms. The van der Waals surface area contributed by atoms with E-state index in [9.17, 15) is 14.4 Å². The number of nitriles is 1. The number of thioether (sulfide) groups is 1. The Morgan fingerprint density at radius 2 is 1.94 bits per heavy atom. The lowest BCUT2D eigenvalue weighted by Crippen LogP contribution is -2.62. The standard InChI is InChI=1S/C25H26N4O3S/c1-17(12-15-26)33-21-10-6-4-8-19(21)27-22(30)13-16-28-24(32)18-7-3-5-9-20(18)29-23(31)11-14-25(28,29)2/h3-10,17H,11-14,16H2,1-2H3,(H,27,30)/t17-,25+/m0/s1. The smallest absolute Gasteiger partial charge is 0.257 e. The van der Waals surface area contributed by atoms with Crippen LogP contribution in [0.5, 0.6) is 0 Å². The molecule has 1 N–H and O–H groups in total. The van der Waals surface area contributed by atoms with Crippen molar-refractivity contribution in [2.45, 2.75) is 55.3 Å². The van der Waals surface area contributed by atoms with E-state index < -0.39 is 5.66 Å². The molecule has 2 aliphatic heterocycles. The summed E-state index contributed by atoms with van der Waals surface area (Å²) in [5.41, 5.74) is 1.05. The summed E-state index contributed by atoms with van der Waals surface area (Å²) in [5, 5.41) is 12.0. The SMILES string of the molecule is C[C@@H](CC#N)Sc1ccccc1NC(=O)CCN1C(=O)c2ccccc2N2C(=O)CC[C@]12C. The zero-order valence-corrected chi connectivity index (χ0v) is 19.5. The lowest BCUT2D eigenvalue weighted by Gasteiger charge is -2.48. The predicted molar refractivity (Wildman–Crippen MR) is 128 cm³/mol. The Hall–Kier alpha value is -3.31. The maximum absolute atomic E-state index is 13.3. The van der Waals surface area contributed by atoms with Gasteiger partial charge in [-0.2, -0.15) is 5.26 Å². The normalized spacial score (nSPS) is 20.2. The third-order valence-corrected chi connectivity index (χ3v) is 7.36. The molecule has 0 unspecified atom stereocenters. The van der Waals surface area contributed by atoms with Crippen LogP contribution in [-0.4, -0.2) is 40.1 Å². The fourth-order valence-electron chi connectivity index (χ4n) is 4.53. The molecule has 170 valence electrons. The quantitative estimate of drug-likeness (QED) is 0.615. The summed E-state index contributed by atoms with van der Waals surface area (Å²) in [6, 6.07) is 16.8. The first-order valence-corrected chi connectivity index (χ1v) is 11.9. The topological polar surface area (TPSA) is 93.5 Å². The van der Waals surface area contributed by atoms with E-state index in [1.165, 1.54) is 0 Å². The Labute approximate surface area is 197 Å². The number of carbonyl (C=O) groups excluding carboxylic acids is 3. The minimum absolute atomic E-state index is 0.00987. The highest BCUT2D eigenvalue weighted by Crippen LogP contribution is 2.44. The average molecular weight is 463 g/mol. The third kappa shape index (κ3) is 4.33. The van der Waals surface area contributed by atoms with Gasteiger partial charge in [-0.3, -0.25) is 19.3 Å². The lowest BCUT2D eigenvalue weighted by atomic mass is 9.98. The molecule has 0 aromatic heterocycles. The molecule has 0 aliphatic carbocycles. The number of hydrogen-bond donors (Lipinski definition) is 1. The van der Waals surface area contributed by atoms with Crippen LogP contribution in [0.1, 0.15) is 49.9 Å². The average Bonchev–Trinajstić information content (AvgIpc) is 3.10. The van der Waals surface area contributed by atoms with Gasteiger partial charge in [-0.05, 0) is 37.6 Å². The van der Waals surface area contributed by atoms with Crippen LogP contribution in [0.3, 0.4) is 0 Å². The summed E-state index contributed by atoms with van der Waals surface area (Å²) < 4.78 is 0. The summed E-state index contributed by atoms with van der Waals surface area (Å²) in [6.45, 7) is 4.08. The van der Waals surface area contributed by atoms with Crippen LogP contribution in [-0.2, 0) is 9.59 Å². The molecule has 0 bridgehead atoms. The van der Waals surface area contributed by atoms with Gasteiger partial charge in [-0.25, -0.2) is 0 Å². The molecule has 4 rings (SSSR count). The van der Waals surface area contributed by atoms with Gasteiger partial charge in [0.05, 0.1) is 23.0 Å². The highest BCUT2D eigenvalue weighted by atomic mass is 32.2. The molecule has 2 heterocycles. The first kappa shape index (κ1) is 22.9. The van der Waals surface area contributed by atoms with Crippen LogP contribution < -0.4 is 10.2 Å². The molecule has 33 heavy (non-hydrogen) atoms. The van der Waals surface area contributed by atoms with Crippen LogP contribution >= 0.6 is 11.8 Å². The van der Waals surface area contributed by atoms with Gasteiger partial charge in [-0.1, -0.05) is 31.2 Å². The van der Waals surface area contributed by atoms with E-state index in [1.54, 1.807) is 39.8 Å². The summed E-state index contributed by atoms with van der Waals surface area (Å²) in [5.74, 6) is -0.375. The summed E-state index contributed by atoms with van der Waals surface area (Å²) in [4.78, 5) is 43.1. The second kappa shape index (κ2) is 9.28. The zero-order chi connectivity index (χ0) is 23.6. The van der Waals surface area contributed by atoms with E-state index in [-0.39, 0.29) is 35.9 Å². The van der Waals surface area contributed by atoms with E-state index in [2.05, 4.69) is 11.4 Å². The molecule has 2 aromatic rings. The second-order valence-electron chi connectivity index (χ2n) is 8.51. The van der Waals surface area contributed by atoms with Gasteiger partial charge in [-0.15, -0.1) is 11.8 Å². The summed E-state index contributed by atoms with van der Waals surface area (Å²) in [6.07, 6.45) is 1.42. The van der Waals surface area contributed by atoms with Crippen molar-refractivity contribution in [3.8, 4) is 6.07 Å². The number of amides is 3. The molecular weight excluding hydrogens is 436 g/mol. The number of carbonyl (C=O) groups is 3. The minimum atomic E-state index is -0.775. The summed E-state index contributed by atoms with van der Waals surface area (Å²) in [7, 11) is 0. The van der Waals surface area contributed by atoms with Crippen molar-refractivity contribution in [3.63, 3.8) is 0 Å². The van der Waals surface area contributed by atoms with Crippen LogP contribution in [0.15, 0.2) is 53.4 Å². The van der Waals surface area contributed by atoms with E-state index in [0.717, 1.165) is 4.90 Å². The lowest BCUT2D eigenvalue weighted by molar-refractivity contribution is -0.117. The molecule has 1 fully saturated rings. The van der Waals surface area contributed by atoms with Crippen molar-refractivity contribution in [3.05, 3.63) is 54.1 Å². The Morgan fingerprint density at radius 1 is 1.21 bits per heavy atom. The van der Waals surface area contributed by atoms with Gasteiger partial charge in [0.1, 0.15) is 5.66 Å². The van der Waals surface area contributed by atoms with Crippen LogP contribution in [0.4, 0.5) is 11.4 Å². The molecule has 2 aliphatic rings. The molecule has 2 aromatic carbocycles. The highest BCUT2D eigenvalue weighted by Gasteiger charge is 2.52. The fourth-order valence-corrected chi connectivity index (χ4v) is 5.52. The Balaban J connectivity index is 1.49. The van der Waals surface area contributed by atoms with E-state index in [0.29, 0.717) is 36.2 Å². The molecule has 3 amide bonds. The fraction of sp³-hybridized carbons (Fsp3) is 0.360. The van der Waals surface area contributed by atoms with Crippen molar-refractivity contribution in [1.29, 1.82) is 5.26 Å². The van der Waals surface area contributed by atoms with Gasteiger partial charge in [0.25, 0.3) is 5.91 Å². The van der Waals surface area contributed by atoms with E-state index >= 15 is 0 Å². The molecule has 7 nitrogen and oxygen atoms in total. The number of benzene rings is 2. The predicted octanol–water partition coefficient (Wildman–Crippen LogP) is 4.41. The second-order valence-corrected chi connectivity index (χ2v) is 9.99. The van der Waals surface area contributed by atoms with Crippen molar-refractivity contribution in [1.82, 2.24) is 4.90 Å². The molecule has 1 saturated heterocycles. The first-order valence-electron chi connectivity index (χ1n) is 11.0. The maximum Gasteiger partial charge on any atom is 0.257 e. The monoisotopic (exact) mass is 462 g/mol. The van der Waals surface area contributed by atoms with E-state index in [1.807, 2.05) is 44.2 Å². The Kier molecular flexibility index (Phi) is 6.43. The van der Waals surface area contributed by atoms with Gasteiger partial charge < -0.3 is 10.2 Å². The molecule has 0 spiro atoms. The van der Waals surface area contributed by atoms with Crippen molar-refractivity contribution < 1.29 is 14.4 Å². The molecular formula is C25H26N4O3S. The van der Waals surface area contributed by atoms with Crippen molar-refractivity contribution in [2.24, 2.45) is 0 Å². The number of rotatable bonds is 7. The van der Waals surface area contributed by atoms with Gasteiger partial charge in [0.15, 0.2) is 0 Å². The largest absolute Gasteiger partial charge is 0.325 e. The van der Waals surface area contributed by atoms with Crippen molar-refractivity contribution in [2.75, 3.05) is 16.8 Å². The summed E-state index contributed by atoms with van der Waals surface area (Å²) >= 11 is 1.54. The number of para-hydroxylation sites is 2. The molecule has 2 atom stereocenters. The molecule has 0 radical (unpaired) electrons. The Bertz CT molecular complexity index is 1140. The maximum atomic E-state index is 13.3. The van der Waals surface area contributed by atoms with Crippen LogP contribution in [0.25, 0.3) is 0 Å². The first-order chi connectivity index (χ1) is 15.8. The van der Waals surface area contributed by atoms with Crippen LogP contribution in [0.2, 0.25) is 0 Å². The molecule has 0 saturated carbocycles. The van der Waals surface area contributed by atoms with Gasteiger partial charge in [0.2, 0.25) is 11.8 Å². The van der Waals surface area contributed by atoms with Crippen molar-refractivity contribution >= 4 is 40.9 Å². The number of anilines is 2. The van der Waals surface area contributed by atoms with E-state index in [4.69, 9.17) is 5.26 Å². The number of nitrogens with zero attached hydrogens (tertiary/aromatic N) is 3. The highest BCUT2D eigenvalue weighted by molar-refractivity contribution is 8.00. The zero-order valence-electron chi connectivity index (χ0n) is 18.7. The van der Waals surface area contributed by atoms with Gasteiger partial charge in [0, 0.05) is 36.0 Å². The minimum Gasteiger partial charge on any atom is -0.325 e. The number of hydrogen-bond acceptors (Lipinski definition) is 5. The number of nitrogens with one attached hydrogen (secondary N) is 1. The van der Waals surface area contributed by atoms with Gasteiger partial charge >= 0.3 is 0 Å².